The molecule has 116 valence electrons. The number of rotatable bonds is 2. The van der Waals surface area contributed by atoms with E-state index in [1.54, 1.807) is 30.3 Å². The van der Waals surface area contributed by atoms with Gasteiger partial charge in [0.05, 0.1) is 5.56 Å². The van der Waals surface area contributed by atoms with E-state index in [0.29, 0.717) is 0 Å². The van der Waals surface area contributed by atoms with E-state index < -0.39 is 17.4 Å². The van der Waals surface area contributed by atoms with Crippen LogP contribution in [0.15, 0.2) is 54.6 Å². The third-order valence-electron chi connectivity index (χ3n) is 3.92. The Morgan fingerprint density at radius 1 is 0.864 bits per heavy atom. The van der Waals surface area contributed by atoms with Crippen molar-refractivity contribution in [1.29, 1.82) is 0 Å². The summed E-state index contributed by atoms with van der Waals surface area (Å²) in [6, 6.07) is 13.9. The van der Waals surface area contributed by atoms with Crippen LogP contribution in [0.5, 0.6) is 5.75 Å². The molecule has 2 atom stereocenters. The molecule has 0 saturated carbocycles. The van der Waals surface area contributed by atoms with Gasteiger partial charge >= 0.3 is 0 Å². The first kappa shape index (κ1) is 15.0. The molecule has 3 rings (SSSR count). The van der Waals surface area contributed by atoms with E-state index in [2.05, 4.69) is 0 Å². The molecule has 22 heavy (non-hydrogen) atoms. The second-order valence-electron chi connectivity index (χ2n) is 5.13. The van der Waals surface area contributed by atoms with Gasteiger partial charge in [0.25, 0.3) is 17.4 Å². The lowest BCUT2D eigenvalue weighted by Gasteiger charge is -2.50. The molecule has 4 N–H and O–H groups in total. The van der Waals surface area contributed by atoms with Crippen LogP contribution < -0.4 is 4.74 Å². The number of benzene rings is 2. The van der Waals surface area contributed by atoms with Crippen molar-refractivity contribution < 1.29 is 29.9 Å². The first-order chi connectivity index (χ1) is 10.4. The van der Waals surface area contributed by atoms with Crippen LogP contribution in [-0.4, -0.2) is 33.3 Å². The molecule has 6 nitrogen and oxygen atoms in total. The van der Waals surface area contributed by atoms with Gasteiger partial charge in [-0.3, -0.25) is 0 Å². The van der Waals surface area contributed by atoms with Crippen LogP contribution in [0.1, 0.15) is 11.1 Å². The predicted molar refractivity (Wildman–Crippen MR) is 75.5 cm³/mol. The van der Waals surface area contributed by atoms with Crippen LogP contribution >= 0.6 is 0 Å². The average Bonchev–Trinajstić information content (AvgIpc) is 2.54. The van der Waals surface area contributed by atoms with Crippen LogP contribution in [0, 0.1) is 0 Å². The minimum absolute atomic E-state index is 0.00288. The number of fused-ring (bicyclic) bond motifs is 1. The van der Waals surface area contributed by atoms with Gasteiger partial charge in [0.15, 0.2) is 0 Å². The van der Waals surface area contributed by atoms with E-state index in [0.717, 1.165) is 7.11 Å². The van der Waals surface area contributed by atoms with Gasteiger partial charge in [0.1, 0.15) is 5.75 Å². The fourth-order valence-electron chi connectivity index (χ4n) is 2.66. The summed E-state index contributed by atoms with van der Waals surface area (Å²) in [4.78, 5) is 0. The van der Waals surface area contributed by atoms with E-state index in [-0.39, 0.29) is 16.9 Å². The second-order valence-corrected chi connectivity index (χ2v) is 5.13. The van der Waals surface area contributed by atoms with Crippen LogP contribution in [0.4, 0.5) is 0 Å². The van der Waals surface area contributed by atoms with Gasteiger partial charge in [-0.2, -0.15) is 0 Å². The minimum atomic E-state index is -3.15. The molecule has 0 amide bonds. The van der Waals surface area contributed by atoms with Gasteiger partial charge in [-0.1, -0.05) is 42.5 Å². The van der Waals surface area contributed by atoms with Crippen molar-refractivity contribution >= 4 is 0 Å². The Hall–Kier alpha value is -1.96. The molecule has 1 heterocycles. The molecule has 0 radical (unpaired) electrons. The fraction of sp³-hybridized carbons (Fsp3) is 0.250. The molecular formula is C16H16O6. The third kappa shape index (κ3) is 1.73. The number of aliphatic hydroxyl groups is 4. The Bertz CT molecular complexity index is 686. The highest BCUT2D eigenvalue weighted by atomic mass is 16.7. The second kappa shape index (κ2) is 4.77. The molecule has 2 aromatic rings. The van der Waals surface area contributed by atoms with Crippen molar-refractivity contribution in [3.63, 3.8) is 0 Å². The summed E-state index contributed by atoms with van der Waals surface area (Å²) >= 11 is 0. The van der Waals surface area contributed by atoms with E-state index in [9.17, 15) is 20.4 Å². The fourth-order valence-corrected chi connectivity index (χ4v) is 2.66. The summed E-state index contributed by atoms with van der Waals surface area (Å²) < 4.78 is 10.4. The van der Waals surface area contributed by atoms with Crippen molar-refractivity contribution in [3.05, 3.63) is 65.7 Å². The molecule has 1 aliphatic heterocycles. The highest BCUT2D eigenvalue weighted by Crippen LogP contribution is 2.52. The van der Waals surface area contributed by atoms with Crippen molar-refractivity contribution in [2.75, 3.05) is 7.11 Å². The molecular weight excluding hydrogens is 288 g/mol. The summed E-state index contributed by atoms with van der Waals surface area (Å²) in [5.74, 6) is -8.26. The molecule has 0 fully saturated rings. The zero-order valence-corrected chi connectivity index (χ0v) is 11.8. The SMILES string of the molecule is COC1(O)c2ccccc2OC(O)(c2ccccc2)C1(O)O. The van der Waals surface area contributed by atoms with Gasteiger partial charge in [-0.15, -0.1) is 0 Å². The van der Waals surface area contributed by atoms with Gasteiger partial charge in [0, 0.05) is 12.7 Å². The Morgan fingerprint density at radius 3 is 2.09 bits per heavy atom. The Morgan fingerprint density at radius 2 is 1.45 bits per heavy atom. The number of hydrogen-bond donors (Lipinski definition) is 4. The molecule has 0 saturated heterocycles. The van der Waals surface area contributed by atoms with Gasteiger partial charge < -0.3 is 29.9 Å². The smallest absolute Gasteiger partial charge is 0.296 e. The molecule has 0 aliphatic carbocycles. The predicted octanol–water partition coefficient (Wildman–Crippen LogP) is 0.397. The minimum Gasteiger partial charge on any atom is -0.452 e. The Balaban J connectivity index is 2.28. The summed E-state index contributed by atoms with van der Waals surface area (Å²) in [6.07, 6.45) is 0. The maximum absolute atomic E-state index is 10.8. The van der Waals surface area contributed by atoms with Crippen molar-refractivity contribution in [3.8, 4) is 5.75 Å². The van der Waals surface area contributed by atoms with E-state index in [4.69, 9.17) is 9.47 Å². The molecule has 0 bridgehead atoms. The lowest BCUT2D eigenvalue weighted by molar-refractivity contribution is -0.472. The van der Waals surface area contributed by atoms with Crippen LogP contribution in [-0.2, 0) is 16.3 Å². The Kier molecular flexibility index (Phi) is 3.24. The number of methoxy groups -OCH3 is 1. The van der Waals surface area contributed by atoms with Gasteiger partial charge in [-0.25, -0.2) is 0 Å². The van der Waals surface area contributed by atoms with Crippen LogP contribution in [0.3, 0.4) is 0 Å². The van der Waals surface area contributed by atoms with Gasteiger partial charge in [0.2, 0.25) is 0 Å². The van der Waals surface area contributed by atoms with Crippen LogP contribution in [0.25, 0.3) is 0 Å². The number of para-hydroxylation sites is 1. The topological polar surface area (TPSA) is 99.4 Å². The van der Waals surface area contributed by atoms with Crippen molar-refractivity contribution in [2.45, 2.75) is 17.4 Å². The Labute approximate surface area is 126 Å². The largest absolute Gasteiger partial charge is 0.452 e. The van der Waals surface area contributed by atoms with E-state index in [1.165, 1.54) is 24.3 Å². The maximum atomic E-state index is 10.8. The molecule has 2 aromatic carbocycles. The highest BCUT2D eigenvalue weighted by molar-refractivity contribution is 5.43. The summed E-state index contributed by atoms with van der Waals surface area (Å²) in [7, 11) is 1.11. The lowest BCUT2D eigenvalue weighted by Crippen LogP contribution is -2.70. The lowest BCUT2D eigenvalue weighted by atomic mass is 9.83. The summed E-state index contributed by atoms with van der Waals surface area (Å²) in [6.45, 7) is 0. The van der Waals surface area contributed by atoms with E-state index in [1.807, 2.05) is 0 Å². The zero-order valence-electron chi connectivity index (χ0n) is 11.8. The maximum Gasteiger partial charge on any atom is 0.296 e. The molecule has 6 heteroatoms. The number of ether oxygens (including phenoxy) is 2. The summed E-state index contributed by atoms with van der Waals surface area (Å²) in [5, 5.41) is 42.6. The number of hydrogen-bond acceptors (Lipinski definition) is 6. The first-order valence-corrected chi connectivity index (χ1v) is 6.65. The normalized spacial score (nSPS) is 29.5. The van der Waals surface area contributed by atoms with Crippen molar-refractivity contribution in [1.82, 2.24) is 0 Å². The van der Waals surface area contributed by atoms with Crippen molar-refractivity contribution in [2.24, 2.45) is 0 Å². The summed E-state index contributed by atoms with van der Waals surface area (Å²) in [5.41, 5.74) is 0.0630. The third-order valence-corrected chi connectivity index (χ3v) is 3.92. The van der Waals surface area contributed by atoms with Crippen LogP contribution in [0.2, 0.25) is 0 Å². The molecule has 2 unspecified atom stereocenters. The quantitative estimate of drug-likeness (QED) is 0.599. The average molecular weight is 304 g/mol. The molecule has 0 spiro atoms. The molecule has 1 aliphatic rings. The monoisotopic (exact) mass is 304 g/mol. The highest BCUT2D eigenvalue weighted by Gasteiger charge is 2.70. The first-order valence-electron chi connectivity index (χ1n) is 6.65. The molecule has 0 aromatic heterocycles. The zero-order chi connectivity index (χ0) is 16.0. The van der Waals surface area contributed by atoms with E-state index >= 15 is 0 Å². The van der Waals surface area contributed by atoms with Gasteiger partial charge in [-0.05, 0) is 12.1 Å². The standard InChI is InChI=1S/C16H16O6/c1-21-15(18)12-9-5-6-10-13(12)22-14(17,16(15,19)20)11-7-3-2-4-8-11/h2-10,17-20H,1H3.